The molecule has 144 valence electrons. The maximum absolute atomic E-state index is 12.7. The Balaban J connectivity index is 2.09. The van der Waals surface area contributed by atoms with Gasteiger partial charge in [-0.05, 0) is 26.8 Å². The number of nitrogens with zero attached hydrogens (tertiary/aromatic N) is 2. The molecule has 26 heavy (non-hydrogen) atoms. The first-order valence-corrected chi connectivity index (χ1v) is 8.90. The molecule has 8 nitrogen and oxygen atoms in total. The van der Waals surface area contributed by atoms with Gasteiger partial charge in [-0.1, -0.05) is 0 Å². The van der Waals surface area contributed by atoms with E-state index in [0.717, 1.165) is 5.69 Å². The second kappa shape index (κ2) is 9.38. The Labute approximate surface area is 153 Å². The van der Waals surface area contributed by atoms with Crippen LogP contribution in [0.2, 0.25) is 0 Å². The fraction of sp³-hybridized carbons (Fsp3) is 0.611. The molecule has 0 aromatic carbocycles. The van der Waals surface area contributed by atoms with Crippen LogP contribution in [0.15, 0.2) is 6.07 Å². The zero-order valence-corrected chi connectivity index (χ0v) is 15.7. The highest BCUT2D eigenvalue weighted by Gasteiger charge is 2.21. The van der Waals surface area contributed by atoms with E-state index in [1.165, 1.54) is 0 Å². The van der Waals surface area contributed by atoms with Gasteiger partial charge in [-0.2, -0.15) is 0 Å². The first kappa shape index (κ1) is 20.0. The van der Waals surface area contributed by atoms with Crippen LogP contribution in [0.3, 0.4) is 0 Å². The SMILES string of the molecule is CCOC(=O)c1cc(C)n(CC(=O)N2CCOCCNC(=O)CC2)c1C. The summed E-state index contributed by atoms with van der Waals surface area (Å²) in [7, 11) is 0. The normalized spacial score (nSPS) is 16.1. The average molecular weight is 365 g/mol. The van der Waals surface area contributed by atoms with E-state index in [-0.39, 0.29) is 30.7 Å². The van der Waals surface area contributed by atoms with Gasteiger partial charge in [0.1, 0.15) is 6.54 Å². The first-order chi connectivity index (χ1) is 12.4. The van der Waals surface area contributed by atoms with Gasteiger partial charge in [0.25, 0.3) is 0 Å². The molecule has 8 heteroatoms. The topological polar surface area (TPSA) is 89.9 Å². The fourth-order valence-electron chi connectivity index (χ4n) is 2.92. The number of aromatic nitrogens is 1. The van der Waals surface area contributed by atoms with E-state index in [0.29, 0.717) is 50.7 Å². The molecule has 2 heterocycles. The van der Waals surface area contributed by atoms with Crippen molar-refractivity contribution in [3.8, 4) is 0 Å². The third kappa shape index (κ3) is 5.08. The van der Waals surface area contributed by atoms with Gasteiger partial charge in [-0.3, -0.25) is 9.59 Å². The van der Waals surface area contributed by atoms with Crippen molar-refractivity contribution >= 4 is 17.8 Å². The highest BCUT2D eigenvalue weighted by atomic mass is 16.5. The summed E-state index contributed by atoms with van der Waals surface area (Å²) >= 11 is 0. The number of hydrogen-bond donors (Lipinski definition) is 1. The van der Waals surface area contributed by atoms with Gasteiger partial charge >= 0.3 is 5.97 Å². The van der Waals surface area contributed by atoms with Crippen molar-refractivity contribution in [2.75, 3.05) is 39.5 Å². The van der Waals surface area contributed by atoms with Crippen LogP contribution in [0.25, 0.3) is 0 Å². The largest absolute Gasteiger partial charge is 0.462 e. The monoisotopic (exact) mass is 365 g/mol. The summed E-state index contributed by atoms with van der Waals surface area (Å²) in [4.78, 5) is 38.1. The lowest BCUT2D eigenvalue weighted by Gasteiger charge is -2.24. The zero-order chi connectivity index (χ0) is 19.1. The van der Waals surface area contributed by atoms with Gasteiger partial charge in [0, 0.05) is 37.4 Å². The average Bonchev–Trinajstić information content (AvgIpc) is 2.89. The van der Waals surface area contributed by atoms with E-state index < -0.39 is 0 Å². The lowest BCUT2D eigenvalue weighted by molar-refractivity contribution is -0.133. The van der Waals surface area contributed by atoms with Crippen LogP contribution < -0.4 is 5.32 Å². The molecule has 2 rings (SSSR count). The molecular weight excluding hydrogens is 338 g/mol. The lowest BCUT2D eigenvalue weighted by Crippen LogP contribution is -2.41. The van der Waals surface area contributed by atoms with Crippen LogP contribution in [0.4, 0.5) is 0 Å². The summed E-state index contributed by atoms with van der Waals surface area (Å²) in [5.41, 5.74) is 1.99. The second-order valence-corrected chi connectivity index (χ2v) is 6.18. The van der Waals surface area contributed by atoms with Crippen molar-refractivity contribution < 1.29 is 23.9 Å². The highest BCUT2D eigenvalue weighted by Crippen LogP contribution is 2.17. The van der Waals surface area contributed by atoms with Crippen molar-refractivity contribution in [2.24, 2.45) is 0 Å². The maximum Gasteiger partial charge on any atom is 0.339 e. The van der Waals surface area contributed by atoms with Crippen molar-refractivity contribution in [1.82, 2.24) is 14.8 Å². The Bertz CT molecular complexity index is 668. The fourth-order valence-corrected chi connectivity index (χ4v) is 2.92. The molecule has 0 bridgehead atoms. The van der Waals surface area contributed by atoms with Gasteiger partial charge < -0.3 is 24.3 Å². The Morgan fingerprint density at radius 3 is 2.77 bits per heavy atom. The maximum atomic E-state index is 12.7. The molecule has 1 N–H and O–H groups in total. The van der Waals surface area contributed by atoms with Gasteiger partial charge in [0.15, 0.2) is 0 Å². The Kier molecular flexibility index (Phi) is 7.20. The molecule has 1 aromatic rings. The molecule has 0 spiro atoms. The minimum absolute atomic E-state index is 0.0915. The molecule has 0 aliphatic carbocycles. The van der Waals surface area contributed by atoms with Crippen LogP contribution in [0.5, 0.6) is 0 Å². The molecule has 1 aliphatic rings. The molecule has 1 saturated heterocycles. The van der Waals surface area contributed by atoms with Crippen molar-refractivity contribution in [3.05, 3.63) is 23.0 Å². The summed E-state index contributed by atoms with van der Waals surface area (Å²) in [6.45, 7) is 7.96. The molecule has 1 aliphatic heterocycles. The van der Waals surface area contributed by atoms with E-state index in [4.69, 9.17) is 9.47 Å². The first-order valence-electron chi connectivity index (χ1n) is 8.90. The molecule has 2 amide bonds. The van der Waals surface area contributed by atoms with Crippen molar-refractivity contribution in [2.45, 2.75) is 33.7 Å². The van der Waals surface area contributed by atoms with Gasteiger partial charge in [-0.15, -0.1) is 0 Å². The summed E-state index contributed by atoms with van der Waals surface area (Å²) in [6, 6.07) is 1.74. The molecule has 0 saturated carbocycles. The quantitative estimate of drug-likeness (QED) is 0.791. The van der Waals surface area contributed by atoms with E-state index in [1.807, 2.05) is 6.92 Å². The van der Waals surface area contributed by atoms with Gasteiger partial charge in [0.2, 0.25) is 11.8 Å². The third-order valence-corrected chi connectivity index (χ3v) is 4.40. The number of amides is 2. The minimum Gasteiger partial charge on any atom is -0.462 e. The van der Waals surface area contributed by atoms with Gasteiger partial charge in [0.05, 0.1) is 25.4 Å². The van der Waals surface area contributed by atoms with Crippen LogP contribution in [0, 0.1) is 13.8 Å². The minimum atomic E-state index is -0.386. The number of esters is 1. The molecule has 0 radical (unpaired) electrons. The summed E-state index contributed by atoms with van der Waals surface area (Å²) in [6.07, 6.45) is 0.267. The molecular formula is C18H27N3O5. The van der Waals surface area contributed by atoms with E-state index in [1.54, 1.807) is 29.4 Å². The van der Waals surface area contributed by atoms with E-state index in [9.17, 15) is 14.4 Å². The molecule has 0 unspecified atom stereocenters. The standard InChI is InChI=1S/C18H27N3O5/c1-4-26-18(24)15-11-13(2)21(14(15)3)12-17(23)20-7-5-16(22)19-6-9-25-10-8-20/h11H,4-10,12H2,1-3H3,(H,19,22). The van der Waals surface area contributed by atoms with Crippen molar-refractivity contribution in [1.29, 1.82) is 0 Å². The van der Waals surface area contributed by atoms with Crippen molar-refractivity contribution in [3.63, 3.8) is 0 Å². The van der Waals surface area contributed by atoms with Crippen LogP contribution in [0.1, 0.15) is 35.1 Å². The predicted octanol–water partition coefficient (Wildman–Crippen LogP) is 0.647. The number of aryl methyl sites for hydroxylation is 1. The molecule has 1 aromatic heterocycles. The van der Waals surface area contributed by atoms with Gasteiger partial charge in [-0.25, -0.2) is 4.79 Å². The molecule has 0 atom stereocenters. The summed E-state index contributed by atoms with van der Waals surface area (Å²) in [5.74, 6) is -0.589. The summed E-state index contributed by atoms with van der Waals surface area (Å²) in [5, 5.41) is 2.75. The Morgan fingerprint density at radius 2 is 2.04 bits per heavy atom. The lowest BCUT2D eigenvalue weighted by atomic mass is 10.2. The van der Waals surface area contributed by atoms with E-state index in [2.05, 4.69) is 5.32 Å². The Hall–Kier alpha value is -2.35. The van der Waals surface area contributed by atoms with Crippen LogP contribution in [-0.4, -0.2) is 66.7 Å². The predicted molar refractivity (Wildman–Crippen MR) is 94.9 cm³/mol. The number of nitrogens with one attached hydrogen (secondary N) is 1. The number of ether oxygens (including phenoxy) is 2. The highest BCUT2D eigenvalue weighted by molar-refractivity contribution is 5.91. The second-order valence-electron chi connectivity index (χ2n) is 6.18. The summed E-state index contributed by atoms with van der Waals surface area (Å²) < 4.78 is 12.3. The number of hydrogen-bond acceptors (Lipinski definition) is 5. The number of carbonyl (C=O) groups is 3. The third-order valence-electron chi connectivity index (χ3n) is 4.40. The van der Waals surface area contributed by atoms with Crippen LogP contribution >= 0.6 is 0 Å². The molecule has 1 fully saturated rings. The number of rotatable bonds is 4. The zero-order valence-electron chi connectivity index (χ0n) is 15.7. The number of carbonyl (C=O) groups excluding carboxylic acids is 3. The smallest absolute Gasteiger partial charge is 0.339 e. The Morgan fingerprint density at radius 1 is 1.27 bits per heavy atom. The van der Waals surface area contributed by atoms with Crippen LogP contribution in [-0.2, 0) is 25.6 Å². The van der Waals surface area contributed by atoms with E-state index >= 15 is 0 Å².